The van der Waals surface area contributed by atoms with Gasteiger partial charge in [0.05, 0.1) is 70.2 Å². The molecule has 2 aliphatic rings. The van der Waals surface area contributed by atoms with E-state index in [9.17, 15) is 33.6 Å². The van der Waals surface area contributed by atoms with Crippen molar-refractivity contribution in [2.75, 3.05) is 85.4 Å². The molecule has 0 aliphatic carbocycles. The molecule has 4 amide bonds. The van der Waals surface area contributed by atoms with Gasteiger partial charge in [0.2, 0.25) is 17.6 Å². The molecule has 0 radical (unpaired) electrons. The molecule has 2 aliphatic heterocycles. The van der Waals surface area contributed by atoms with Gasteiger partial charge in [0.15, 0.2) is 11.9 Å². The molecule has 0 bridgehead atoms. The number of aromatic nitrogens is 1. The molecule has 0 spiro atoms. The molecule has 1 aromatic heterocycles. The summed E-state index contributed by atoms with van der Waals surface area (Å²) in [6.45, 7) is 18.5. The van der Waals surface area contributed by atoms with Crippen LogP contribution in [0.1, 0.15) is 146 Å². The molecular weight excluding hydrogens is 1060 g/mol. The monoisotopic (exact) mass is 1150 g/mol. The van der Waals surface area contributed by atoms with Crippen molar-refractivity contribution in [3.05, 3.63) is 52.2 Å². The van der Waals surface area contributed by atoms with E-state index in [0.717, 1.165) is 44.2 Å². The molecule has 1 saturated heterocycles. The maximum Gasteiger partial charge on any atom is 0.373 e. The van der Waals surface area contributed by atoms with E-state index in [2.05, 4.69) is 39.3 Å². The van der Waals surface area contributed by atoms with Gasteiger partial charge >= 0.3 is 12.1 Å². The Hall–Kier alpha value is -6.18. The zero-order valence-corrected chi connectivity index (χ0v) is 49.5. The van der Waals surface area contributed by atoms with Crippen molar-refractivity contribution >= 4 is 64.3 Å². The first-order valence-electron chi connectivity index (χ1n) is 28.2. The Balaban J connectivity index is 0.00000561. The number of likely N-dealkylation sites (tertiary alicyclic amines) is 1. The van der Waals surface area contributed by atoms with Gasteiger partial charge in [0, 0.05) is 82.1 Å². The molecule has 1 aromatic carbocycles. The number of hydrogen-bond acceptors (Lipinski definition) is 18. The molecule has 81 heavy (non-hydrogen) atoms. The number of benzene rings is 1. The zero-order valence-electron chi connectivity index (χ0n) is 48.7. The summed E-state index contributed by atoms with van der Waals surface area (Å²) in [5.74, 6) is 2.62. The standard InChI is InChI=1S/C58H86N6O13S.CO2/c1-10-15-44(34-43-18-20-52-47(35-43)61-55(69)23-28-74-32-33-75-29-24-59-54(68)21-19-45(66)16-14-26-72-30-31-73-27-22-41(6)76-52)60-56(70)48-38-78-57(62-48)53(77-42(7)65)37-50(39(3)4)64(9)58(71)46(40(5)11-2)36-51(67)49-17-12-13-25-63(49)8;2-1-3/h18,20,35,38-40,44,46,49-50,53H,6,10-17,22-34,36-37H2,1-5,7-9H3,(H,59,68)(H,60,70)(H,61,69);/t40-,44+,46-,49+,50+,53+;/m0./s1. The van der Waals surface area contributed by atoms with E-state index in [-0.39, 0.29) is 124 Å². The first-order valence-corrected chi connectivity index (χ1v) is 29.0. The van der Waals surface area contributed by atoms with Crippen molar-refractivity contribution in [3.63, 3.8) is 0 Å². The molecule has 0 unspecified atom stereocenters. The maximum atomic E-state index is 14.5. The van der Waals surface area contributed by atoms with Crippen LogP contribution in [-0.4, -0.2) is 160 Å². The second-order valence-electron chi connectivity index (χ2n) is 20.6. The van der Waals surface area contributed by atoms with Crippen molar-refractivity contribution in [1.82, 2.24) is 25.4 Å². The fourth-order valence-corrected chi connectivity index (χ4v) is 10.2. The number of rotatable bonds is 18. The van der Waals surface area contributed by atoms with Gasteiger partial charge in [0.25, 0.3) is 11.8 Å². The minimum absolute atomic E-state index is 0.0276. The molecule has 22 heteroatoms. The van der Waals surface area contributed by atoms with Crippen molar-refractivity contribution < 1.29 is 71.6 Å². The molecule has 21 nitrogen and oxygen atoms in total. The van der Waals surface area contributed by atoms with Gasteiger partial charge < -0.3 is 49.3 Å². The predicted molar refractivity (Wildman–Crippen MR) is 303 cm³/mol. The summed E-state index contributed by atoms with van der Waals surface area (Å²) in [7, 11) is 3.74. The van der Waals surface area contributed by atoms with E-state index >= 15 is 0 Å². The van der Waals surface area contributed by atoms with E-state index in [1.54, 1.807) is 23.4 Å². The molecule has 2 aromatic rings. The Morgan fingerprint density at radius 1 is 0.938 bits per heavy atom. The zero-order chi connectivity index (χ0) is 59.7. The molecule has 0 saturated carbocycles. The topological polar surface area (TPSA) is 264 Å². The molecule has 4 rings (SSSR count). The second kappa shape index (κ2) is 38.5. The molecule has 3 N–H and O–H groups in total. The quantitative estimate of drug-likeness (QED) is 0.0823. The second-order valence-corrected chi connectivity index (χ2v) is 21.5. The average Bonchev–Trinajstić information content (AvgIpc) is 3.94. The van der Waals surface area contributed by atoms with Gasteiger partial charge in [-0.2, -0.15) is 9.59 Å². The normalized spacial score (nSPS) is 19.0. The smallest absolute Gasteiger partial charge is 0.373 e. The third-order valence-corrected chi connectivity index (χ3v) is 14.9. The van der Waals surface area contributed by atoms with Gasteiger partial charge in [0.1, 0.15) is 16.5 Å². The number of likely N-dealkylation sites (N-methyl/N-ethyl adjacent to an activating group) is 1. The lowest BCUT2D eigenvalue weighted by Crippen LogP contribution is -2.48. The summed E-state index contributed by atoms with van der Waals surface area (Å²) in [5.41, 5.74) is 1.38. The number of carbonyl (C=O) groups excluding carboxylic acids is 9. The minimum atomic E-state index is -0.846. The summed E-state index contributed by atoms with van der Waals surface area (Å²) in [5, 5.41) is 10.8. The van der Waals surface area contributed by atoms with Crippen LogP contribution in [0.25, 0.3) is 0 Å². The van der Waals surface area contributed by atoms with Gasteiger partial charge in [-0.15, -0.1) is 11.3 Å². The van der Waals surface area contributed by atoms with Crippen LogP contribution in [0.15, 0.2) is 35.9 Å². The Morgan fingerprint density at radius 2 is 1.62 bits per heavy atom. The number of piperidine rings is 1. The van der Waals surface area contributed by atoms with Crippen molar-refractivity contribution in [2.24, 2.45) is 17.8 Å². The Bertz CT molecular complexity index is 2450. The van der Waals surface area contributed by atoms with Gasteiger partial charge in [-0.05, 0) is 81.1 Å². The molecule has 448 valence electrons. The van der Waals surface area contributed by atoms with Crippen LogP contribution in [0.2, 0.25) is 0 Å². The third kappa shape index (κ3) is 26.1. The number of thiazole rings is 1. The highest BCUT2D eigenvalue weighted by Gasteiger charge is 2.38. The number of fused-ring (bicyclic) bond motifs is 1. The highest BCUT2D eigenvalue weighted by molar-refractivity contribution is 7.09. The van der Waals surface area contributed by atoms with Crippen LogP contribution >= 0.6 is 11.3 Å². The lowest BCUT2D eigenvalue weighted by Gasteiger charge is -2.37. The Labute approximate surface area is 481 Å². The Kier molecular flexibility index (Phi) is 32.8. The lowest BCUT2D eigenvalue weighted by molar-refractivity contribution is -0.192. The number of amides is 4. The van der Waals surface area contributed by atoms with Crippen LogP contribution in [-0.2, 0) is 68.5 Å². The van der Waals surface area contributed by atoms with Crippen LogP contribution in [0.3, 0.4) is 0 Å². The Morgan fingerprint density at radius 3 is 2.27 bits per heavy atom. The van der Waals surface area contributed by atoms with Crippen LogP contribution < -0.4 is 20.7 Å². The highest BCUT2D eigenvalue weighted by Crippen LogP contribution is 2.34. The lowest BCUT2D eigenvalue weighted by atomic mass is 9.83. The number of Topliss-reactive ketones (excluding diaryl/α,β-unsaturated/α-hetero) is 2. The number of ether oxygens (including phenoxy) is 6. The van der Waals surface area contributed by atoms with Crippen LogP contribution in [0.5, 0.6) is 5.75 Å². The van der Waals surface area contributed by atoms with Crippen molar-refractivity contribution in [2.45, 2.75) is 149 Å². The van der Waals surface area contributed by atoms with E-state index < -0.39 is 29.8 Å². The van der Waals surface area contributed by atoms with Crippen molar-refractivity contribution in [3.8, 4) is 17.6 Å². The third-order valence-electron chi connectivity index (χ3n) is 13.9. The van der Waals surface area contributed by atoms with E-state index in [1.165, 1.54) is 18.3 Å². The summed E-state index contributed by atoms with van der Waals surface area (Å²) in [4.78, 5) is 117. The van der Waals surface area contributed by atoms with E-state index in [1.807, 2.05) is 53.8 Å². The predicted octanol–water partition coefficient (Wildman–Crippen LogP) is 6.44. The summed E-state index contributed by atoms with van der Waals surface area (Å²) in [6, 6.07) is 4.52. The first kappa shape index (κ1) is 69.1. The number of nitrogens with one attached hydrogen (secondary N) is 3. The molecule has 3 heterocycles. The van der Waals surface area contributed by atoms with Gasteiger partial charge in [-0.25, -0.2) is 4.98 Å². The SMILES string of the molecule is C=C1CCOCCOCCCC(=O)C#CC(=O)NCCOCCOCCC(=O)Nc2cc(C[C@@H](CCC)NC(=O)c3csc([C@@H](C[C@H](C(C)C)N(C)C(=O)[C@@H](CC(=O)[C@H]4CCCCN4C)[C@@H](C)CC)OC(C)=O)n3)ccc2O1.O=C=O. The fraction of sp³-hybridized carbons (Fsp3) is 0.644. The van der Waals surface area contributed by atoms with E-state index in [4.69, 9.17) is 43.0 Å². The van der Waals surface area contributed by atoms with E-state index in [0.29, 0.717) is 74.3 Å². The molecule has 6 atom stereocenters. The molecular formula is C59H86N6O15S. The summed E-state index contributed by atoms with van der Waals surface area (Å²) < 4.78 is 34.5. The number of hydrogen-bond donors (Lipinski definition) is 3. The van der Waals surface area contributed by atoms with Crippen LogP contribution in [0.4, 0.5) is 5.69 Å². The van der Waals surface area contributed by atoms with Crippen molar-refractivity contribution in [1.29, 1.82) is 0 Å². The number of carbonyl (C=O) groups is 7. The largest absolute Gasteiger partial charge is 0.460 e. The number of esters is 1. The summed E-state index contributed by atoms with van der Waals surface area (Å²) >= 11 is 1.21. The number of ketones is 2. The maximum absolute atomic E-state index is 14.5. The minimum Gasteiger partial charge on any atom is -0.460 e. The summed E-state index contributed by atoms with van der Waals surface area (Å²) in [6.07, 6.45) is 6.17. The van der Waals surface area contributed by atoms with Crippen LogP contribution in [0, 0.1) is 29.6 Å². The number of nitrogens with zero attached hydrogens (tertiary/aromatic N) is 3. The number of anilines is 1. The molecule has 1 fully saturated rings. The fourth-order valence-electron chi connectivity index (χ4n) is 9.34. The highest BCUT2D eigenvalue weighted by atomic mass is 32.1. The average molecular weight is 1150 g/mol. The van der Waals surface area contributed by atoms with Gasteiger partial charge in [-0.3, -0.25) is 38.5 Å². The first-order chi connectivity index (χ1) is 38.8. The van der Waals surface area contributed by atoms with Gasteiger partial charge in [-0.1, -0.05) is 66.5 Å².